The van der Waals surface area contributed by atoms with E-state index in [1.165, 1.54) is 0 Å². The number of aromatic hydroxyl groups is 2. The van der Waals surface area contributed by atoms with Crippen LogP contribution >= 0.6 is 0 Å². The lowest BCUT2D eigenvalue weighted by atomic mass is 10.0. The Kier molecular flexibility index (Phi) is 3.19. The van der Waals surface area contributed by atoms with Crippen LogP contribution in [0.25, 0.3) is 0 Å². The van der Waals surface area contributed by atoms with Crippen molar-refractivity contribution < 1.29 is 23.8 Å². The molecule has 0 bridgehead atoms. The third-order valence-electron chi connectivity index (χ3n) is 2.74. The summed E-state index contributed by atoms with van der Waals surface area (Å²) in [5, 5.41) is 18.7. The molecule has 0 aromatic heterocycles. The molecule has 0 aliphatic rings. The summed E-state index contributed by atoms with van der Waals surface area (Å²) in [6.45, 7) is 0. The number of phenols is 2. The van der Waals surface area contributed by atoms with Crippen molar-refractivity contribution in [2.45, 2.75) is 0 Å². The molecule has 0 atom stereocenters. The lowest BCUT2D eigenvalue weighted by molar-refractivity contribution is 0.103. The first-order valence-corrected chi connectivity index (χ1v) is 5.42. The lowest BCUT2D eigenvalue weighted by Crippen LogP contribution is -2.05. The van der Waals surface area contributed by atoms with E-state index in [1.54, 1.807) is 0 Å². The zero-order chi connectivity index (χ0) is 15.0. The van der Waals surface area contributed by atoms with Gasteiger partial charge in [-0.2, -0.15) is 0 Å². The molecule has 0 heterocycles. The second-order valence-corrected chi connectivity index (χ2v) is 4.11. The number of nitrogen functional groups attached to an aromatic ring is 2. The van der Waals surface area contributed by atoms with E-state index >= 15 is 0 Å². The molecule has 5 nitrogen and oxygen atoms in total. The number of nitrogens with two attached hydrogens (primary N) is 2. The number of carbonyl (C=O) groups excluding carboxylic acids is 1. The molecule has 20 heavy (non-hydrogen) atoms. The van der Waals surface area contributed by atoms with Crippen LogP contribution in [-0.2, 0) is 0 Å². The van der Waals surface area contributed by atoms with Gasteiger partial charge in [0.05, 0.1) is 0 Å². The van der Waals surface area contributed by atoms with Gasteiger partial charge in [-0.05, 0) is 24.3 Å². The number of anilines is 2. The molecule has 104 valence electrons. The minimum absolute atomic E-state index is 0.238. The van der Waals surface area contributed by atoms with Gasteiger partial charge in [-0.1, -0.05) is 0 Å². The van der Waals surface area contributed by atoms with Crippen LogP contribution in [-0.4, -0.2) is 16.0 Å². The van der Waals surface area contributed by atoms with Crippen LogP contribution in [0.3, 0.4) is 0 Å². The van der Waals surface area contributed by atoms with Crippen molar-refractivity contribution in [3.05, 3.63) is 47.0 Å². The Morgan fingerprint density at radius 3 is 1.50 bits per heavy atom. The summed E-state index contributed by atoms with van der Waals surface area (Å²) < 4.78 is 26.7. The van der Waals surface area contributed by atoms with Crippen LogP contribution in [0.2, 0.25) is 0 Å². The number of rotatable bonds is 2. The van der Waals surface area contributed by atoms with E-state index in [2.05, 4.69) is 0 Å². The molecule has 0 aliphatic carbocycles. The maximum atomic E-state index is 13.4. The fraction of sp³-hybridized carbons (Fsp3) is 0. The van der Waals surface area contributed by atoms with Crippen molar-refractivity contribution in [2.75, 3.05) is 11.5 Å². The molecule has 0 radical (unpaired) electrons. The number of halogens is 2. The zero-order valence-corrected chi connectivity index (χ0v) is 10.0. The van der Waals surface area contributed by atoms with Gasteiger partial charge in [-0.15, -0.1) is 0 Å². The summed E-state index contributed by atoms with van der Waals surface area (Å²) >= 11 is 0. The molecule has 2 aromatic carbocycles. The standard InChI is InChI=1S/C13H10F2N2O3/c14-7-1-5(3-9(18)11(7)16)13(20)6-2-8(15)12(17)10(19)4-6/h1-4,18-19H,16-17H2. The van der Waals surface area contributed by atoms with Crippen LogP contribution in [0.4, 0.5) is 20.2 Å². The predicted molar refractivity (Wildman–Crippen MR) is 68.4 cm³/mol. The Bertz CT molecular complexity index is 611. The first-order valence-electron chi connectivity index (χ1n) is 5.42. The molecule has 2 rings (SSSR count). The van der Waals surface area contributed by atoms with Crippen LogP contribution in [0.15, 0.2) is 24.3 Å². The van der Waals surface area contributed by atoms with Gasteiger partial charge in [0.1, 0.15) is 22.9 Å². The van der Waals surface area contributed by atoms with Crippen LogP contribution < -0.4 is 11.5 Å². The lowest BCUT2D eigenvalue weighted by Gasteiger charge is -2.07. The highest BCUT2D eigenvalue weighted by atomic mass is 19.1. The number of benzene rings is 2. The average Bonchev–Trinajstić information content (AvgIpc) is 2.40. The number of hydrogen-bond acceptors (Lipinski definition) is 5. The SMILES string of the molecule is Nc1c(O)cc(C(=O)c2cc(O)c(N)c(F)c2)cc1F. The van der Waals surface area contributed by atoms with Gasteiger partial charge in [0.15, 0.2) is 17.4 Å². The topological polar surface area (TPSA) is 110 Å². The van der Waals surface area contributed by atoms with Crippen LogP contribution in [0, 0.1) is 11.6 Å². The quantitative estimate of drug-likeness (QED) is 0.381. The van der Waals surface area contributed by atoms with Crippen molar-refractivity contribution in [3.63, 3.8) is 0 Å². The largest absolute Gasteiger partial charge is 0.506 e. The van der Waals surface area contributed by atoms with E-state index in [1.807, 2.05) is 0 Å². The predicted octanol–water partition coefficient (Wildman–Crippen LogP) is 1.77. The number of hydrogen-bond donors (Lipinski definition) is 4. The molecule has 0 saturated heterocycles. The van der Waals surface area contributed by atoms with Gasteiger partial charge in [0.2, 0.25) is 0 Å². The molecule has 0 fully saturated rings. The monoisotopic (exact) mass is 280 g/mol. The zero-order valence-electron chi connectivity index (χ0n) is 10.0. The van der Waals surface area contributed by atoms with Gasteiger partial charge in [0.25, 0.3) is 0 Å². The van der Waals surface area contributed by atoms with Gasteiger partial charge < -0.3 is 21.7 Å². The average molecular weight is 280 g/mol. The number of ketones is 1. The summed E-state index contributed by atoms with van der Waals surface area (Å²) in [7, 11) is 0. The highest BCUT2D eigenvalue weighted by Gasteiger charge is 2.17. The molecule has 0 saturated carbocycles. The molecule has 0 spiro atoms. The summed E-state index contributed by atoms with van der Waals surface area (Å²) in [5.74, 6) is -3.96. The fourth-order valence-corrected chi connectivity index (χ4v) is 1.64. The minimum Gasteiger partial charge on any atom is -0.506 e. The van der Waals surface area contributed by atoms with Crippen molar-refractivity contribution in [3.8, 4) is 11.5 Å². The van der Waals surface area contributed by atoms with Crippen molar-refractivity contribution in [2.24, 2.45) is 0 Å². The summed E-state index contributed by atoms with van der Waals surface area (Å²) in [6.07, 6.45) is 0. The molecule has 2 aromatic rings. The van der Waals surface area contributed by atoms with E-state index in [0.29, 0.717) is 0 Å². The Morgan fingerprint density at radius 2 is 1.20 bits per heavy atom. The molecule has 6 N–H and O–H groups in total. The molecular weight excluding hydrogens is 270 g/mol. The molecule has 7 heteroatoms. The Labute approximate surface area is 112 Å². The minimum atomic E-state index is -0.978. The van der Waals surface area contributed by atoms with Crippen LogP contribution in [0.1, 0.15) is 15.9 Å². The maximum absolute atomic E-state index is 13.4. The van der Waals surface area contributed by atoms with E-state index in [0.717, 1.165) is 24.3 Å². The van der Waals surface area contributed by atoms with E-state index < -0.39 is 40.3 Å². The number of phenolic OH excluding ortho intramolecular Hbond substituents is 2. The third kappa shape index (κ3) is 2.20. The Hall–Kier alpha value is -2.83. The molecule has 0 aliphatic heterocycles. The van der Waals surface area contributed by atoms with E-state index in [-0.39, 0.29) is 11.1 Å². The Morgan fingerprint density at radius 1 is 0.850 bits per heavy atom. The summed E-state index contributed by atoms with van der Waals surface area (Å²) in [5.41, 5.74) is 8.95. The van der Waals surface area contributed by atoms with Crippen molar-refractivity contribution in [1.29, 1.82) is 0 Å². The van der Waals surface area contributed by atoms with E-state index in [9.17, 15) is 23.8 Å². The smallest absolute Gasteiger partial charge is 0.193 e. The normalized spacial score (nSPS) is 10.5. The maximum Gasteiger partial charge on any atom is 0.193 e. The van der Waals surface area contributed by atoms with Gasteiger partial charge >= 0.3 is 0 Å². The summed E-state index contributed by atoms with van der Waals surface area (Å²) in [4.78, 5) is 12.0. The van der Waals surface area contributed by atoms with Crippen LogP contribution in [0.5, 0.6) is 11.5 Å². The van der Waals surface area contributed by atoms with Gasteiger partial charge in [0, 0.05) is 11.1 Å². The second-order valence-electron chi connectivity index (χ2n) is 4.11. The Balaban J connectivity index is 2.52. The highest BCUT2D eigenvalue weighted by Crippen LogP contribution is 2.29. The first-order chi connectivity index (χ1) is 9.31. The molecular formula is C13H10F2N2O3. The van der Waals surface area contributed by atoms with Crippen molar-refractivity contribution >= 4 is 17.2 Å². The molecule has 0 amide bonds. The fourth-order valence-electron chi connectivity index (χ4n) is 1.64. The van der Waals surface area contributed by atoms with E-state index in [4.69, 9.17) is 11.5 Å². The van der Waals surface area contributed by atoms with Crippen molar-refractivity contribution in [1.82, 2.24) is 0 Å². The number of carbonyl (C=O) groups is 1. The van der Waals surface area contributed by atoms with Gasteiger partial charge in [-0.3, -0.25) is 4.79 Å². The second kappa shape index (κ2) is 4.69. The summed E-state index contributed by atoms with van der Waals surface area (Å²) in [6, 6.07) is 3.52. The molecule has 0 unspecified atom stereocenters. The third-order valence-corrected chi connectivity index (χ3v) is 2.74. The first kappa shape index (κ1) is 13.6. The van der Waals surface area contributed by atoms with Gasteiger partial charge in [-0.25, -0.2) is 8.78 Å². The highest BCUT2D eigenvalue weighted by molar-refractivity contribution is 6.10.